The Bertz CT molecular complexity index is 834. The Balaban J connectivity index is 1.95. The highest BCUT2D eigenvalue weighted by molar-refractivity contribution is 8.00. The van der Waals surface area contributed by atoms with Crippen LogP contribution in [-0.2, 0) is 4.79 Å². The first kappa shape index (κ1) is 17.0. The molecule has 5 nitrogen and oxygen atoms in total. The highest BCUT2D eigenvalue weighted by Gasteiger charge is 2.30. The number of hydrogen-bond donors (Lipinski definition) is 1. The summed E-state index contributed by atoms with van der Waals surface area (Å²) in [7, 11) is 0. The smallest absolute Gasteiger partial charge is 0.262 e. The van der Waals surface area contributed by atoms with Crippen LogP contribution in [0.2, 0.25) is 0 Å². The van der Waals surface area contributed by atoms with Crippen LogP contribution in [-0.4, -0.2) is 26.2 Å². The SMILES string of the molecule is CC(Sc1nc2ccccc2c(=O)n1C1CC1)C(=O)NC(C)(C)C. The fourth-order valence-corrected chi connectivity index (χ4v) is 3.53. The standard InChI is InChI=1S/C18H23N3O2S/c1-11(15(22)20-18(2,3)4)24-17-19-14-8-6-5-7-13(14)16(23)21(17)12-9-10-12/h5-8,11-12H,9-10H2,1-4H3,(H,20,22). The van der Waals surface area contributed by atoms with Gasteiger partial charge in [-0.25, -0.2) is 4.98 Å². The van der Waals surface area contributed by atoms with E-state index in [2.05, 4.69) is 10.3 Å². The lowest BCUT2D eigenvalue weighted by Gasteiger charge is -2.23. The Morgan fingerprint density at radius 2 is 2.00 bits per heavy atom. The van der Waals surface area contributed by atoms with E-state index in [0.717, 1.165) is 12.8 Å². The molecule has 0 bridgehead atoms. The zero-order valence-electron chi connectivity index (χ0n) is 14.5. The van der Waals surface area contributed by atoms with Crippen molar-refractivity contribution < 1.29 is 4.79 Å². The summed E-state index contributed by atoms with van der Waals surface area (Å²) in [5.74, 6) is -0.0442. The van der Waals surface area contributed by atoms with Gasteiger partial charge in [0.05, 0.1) is 16.2 Å². The molecule has 3 rings (SSSR count). The van der Waals surface area contributed by atoms with Crippen molar-refractivity contribution in [2.75, 3.05) is 0 Å². The van der Waals surface area contributed by atoms with Crippen molar-refractivity contribution >= 4 is 28.6 Å². The number of nitrogens with one attached hydrogen (secondary N) is 1. The van der Waals surface area contributed by atoms with E-state index in [1.165, 1.54) is 11.8 Å². The quantitative estimate of drug-likeness (QED) is 0.683. The number of amides is 1. The van der Waals surface area contributed by atoms with E-state index in [1.807, 2.05) is 52.0 Å². The van der Waals surface area contributed by atoms with Gasteiger partial charge in [0.2, 0.25) is 5.91 Å². The number of aromatic nitrogens is 2. The van der Waals surface area contributed by atoms with Gasteiger partial charge in [-0.1, -0.05) is 23.9 Å². The number of carbonyl (C=O) groups excluding carboxylic acids is 1. The molecule has 128 valence electrons. The summed E-state index contributed by atoms with van der Waals surface area (Å²) in [5.41, 5.74) is 0.401. The lowest BCUT2D eigenvalue weighted by Crippen LogP contribution is -2.44. The Hall–Kier alpha value is -1.82. The van der Waals surface area contributed by atoms with E-state index < -0.39 is 0 Å². The number of carbonyl (C=O) groups is 1. The zero-order chi connectivity index (χ0) is 17.5. The summed E-state index contributed by atoms with van der Waals surface area (Å²) < 4.78 is 1.77. The highest BCUT2D eigenvalue weighted by Crippen LogP contribution is 2.37. The fourth-order valence-electron chi connectivity index (χ4n) is 2.55. The van der Waals surface area contributed by atoms with Crippen LogP contribution in [0, 0.1) is 0 Å². The third-order valence-electron chi connectivity index (χ3n) is 3.84. The minimum atomic E-state index is -0.317. The summed E-state index contributed by atoms with van der Waals surface area (Å²) in [6.45, 7) is 7.72. The second-order valence-electron chi connectivity index (χ2n) is 7.32. The fraction of sp³-hybridized carbons (Fsp3) is 0.500. The number of fused-ring (bicyclic) bond motifs is 1. The lowest BCUT2D eigenvalue weighted by atomic mass is 10.1. The van der Waals surface area contributed by atoms with Gasteiger partial charge < -0.3 is 5.32 Å². The molecule has 1 unspecified atom stereocenters. The normalized spacial score (nSPS) is 16.2. The molecule has 1 atom stereocenters. The van der Waals surface area contributed by atoms with Crippen molar-refractivity contribution in [3.8, 4) is 0 Å². The van der Waals surface area contributed by atoms with E-state index in [0.29, 0.717) is 16.1 Å². The second kappa shape index (κ2) is 6.24. The summed E-state index contributed by atoms with van der Waals surface area (Å²) in [6, 6.07) is 7.61. The van der Waals surface area contributed by atoms with Crippen LogP contribution in [0.15, 0.2) is 34.2 Å². The Kier molecular flexibility index (Phi) is 4.42. The van der Waals surface area contributed by atoms with Gasteiger partial charge in [-0.05, 0) is 52.7 Å². The molecule has 0 radical (unpaired) electrons. The minimum absolute atomic E-state index is 0.00553. The van der Waals surface area contributed by atoms with Crippen LogP contribution in [0.1, 0.15) is 46.6 Å². The maximum absolute atomic E-state index is 12.8. The summed E-state index contributed by atoms with van der Waals surface area (Å²) >= 11 is 1.36. The number of nitrogens with zero attached hydrogens (tertiary/aromatic N) is 2. The molecule has 1 heterocycles. The van der Waals surface area contributed by atoms with Crippen LogP contribution in [0.25, 0.3) is 10.9 Å². The van der Waals surface area contributed by atoms with Crippen molar-refractivity contribution in [2.24, 2.45) is 0 Å². The van der Waals surface area contributed by atoms with Gasteiger partial charge in [-0.3, -0.25) is 14.2 Å². The van der Waals surface area contributed by atoms with Crippen molar-refractivity contribution in [1.82, 2.24) is 14.9 Å². The maximum Gasteiger partial charge on any atom is 0.262 e. The predicted molar refractivity (Wildman–Crippen MR) is 97.5 cm³/mol. The summed E-state index contributed by atoms with van der Waals surface area (Å²) in [4.78, 5) is 29.8. The first-order valence-corrected chi connectivity index (χ1v) is 9.14. The van der Waals surface area contributed by atoms with E-state index in [1.54, 1.807) is 4.57 Å². The maximum atomic E-state index is 12.8. The molecule has 6 heteroatoms. The first-order valence-electron chi connectivity index (χ1n) is 8.26. The van der Waals surface area contributed by atoms with E-state index in [4.69, 9.17) is 0 Å². The Morgan fingerprint density at radius 3 is 2.62 bits per heavy atom. The van der Waals surface area contributed by atoms with Gasteiger partial charge in [-0.2, -0.15) is 0 Å². The number of benzene rings is 1. The van der Waals surface area contributed by atoms with Crippen molar-refractivity contribution in [3.05, 3.63) is 34.6 Å². The van der Waals surface area contributed by atoms with Gasteiger partial charge >= 0.3 is 0 Å². The van der Waals surface area contributed by atoms with E-state index >= 15 is 0 Å². The molecule has 1 fully saturated rings. The van der Waals surface area contributed by atoms with Crippen LogP contribution in [0.5, 0.6) is 0 Å². The predicted octanol–water partition coefficient (Wildman–Crippen LogP) is 3.13. The summed E-state index contributed by atoms with van der Waals surface area (Å²) in [5, 5.41) is 3.94. The lowest BCUT2D eigenvalue weighted by molar-refractivity contribution is -0.121. The van der Waals surface area contributed by atoms with Crippen LogP contribution in [0.3, 0.4) is 0 Å². The van der Waals surface area contributed by atoms with Crippen molar-refractivity contribution in [3.63, 3.8) is 0 Å². The molecule has 0 spiro atoms. The third kappa shape index (κ3) is 3.64. The minimum Gasteiger partial charge on any atom is -0.351 e. The average Bonchev–Trinajstić information content (AvgIpc) is 3.30. The van der Waals surface area contributed by atoms with E-state index in [-0.39, 0.29) is 28.3 Å². The Morgan fingerprint density at radius 1 is 1.33 bits per heavy atom. The molecule has 0 aliphatic heterocycles. The van der Waals surface area contributed by atoms with Crippen LogP contribution < -0.4 is 10.9 Å². The number of rotatable bonds is 4. The van der Waals surface area contributed by atoms with Crippen molar-refractivity contribution in [2.45, 2.75) is 62.5 Å². The largest absolute Gasteiger partial charge is 0.351 e. The molecular formula is C18H23N3O2S. The molecule has 2 aromatic rings. The summed E-state index contributed by atoms with van der Waals surface area (Å²) in [6.07, 6.45) is 1.99. The second-order valence-corrected chi connectivity index (χ2v) is 8.63. The zero-order valence-corrected chi connectivity index (χ0v) is 15.3. The molecule has 1 aromatic carbocycles. The average molecular weight is 345 g/mol. The van der Waals surface area contributed by atoms with Crippen LogP contribution >= 0.6 is 11.8 Å². The highest BCUT2D eigenvalue weighted by atomic mass is 32.2. The molecule has 1 amide bonds. The molecular weight excluding hydrogens is 322 g/mol. The number of thioether (sulfide) groups is 1. The Labute approximate surface area is 145 Å². The van der Waals surface area contributed by atoms with Gasteiger partial charge in [-0.15, -0.1) is 0 Å². The van der Waals surface area contributed by atoms with Gasteiger partial charge in [0.1, 0.15) is 0 Å². The monoisotopic (exact) mass is 345 g/mol. The van der Waals surface area contributed by atoms with Gasteiger partial charge in [0.15, 0.2) is 5.16 Å². The van der Waals surface area contributed by atoms with Gasteiger partial charge in [0.25, 0.3) is 5.56 Å². The van der Waals surface area contributed by atoms with E-state index in [9.17, 15) is 9.59 Å². The number of hydrogen-bond acceptors (Lipinski definition) is 4. The molecule has 1 aliphatic carbocycles. The molecule has 1 aliphatic rings. The molecule has 24 heavy (non-hydrogen) atoms. The first-order chi connectivity index (χ1) is 11.3. The van der Waals surface area contributed by atoms with Crippen LogP contribution in [0.4, 0.5) is 0 Å². The molecule has 1 saturated carbocycles. The molecule has 1 aromatic heterocycles. The molecule has 1 N–H and O–H groups in total. The number of para-hydroxylation sites is 1. The molecule has 0 saturated heterocycles. The third-order valence-corrected chi connectivity index (χ3v) is 4.90. The topological polar surface area (TPSA) is 64.0 Å². The van der Waals surface area contributed by atoms with Crippen molar-refractivity contribution in [1.29, 1.82) is 0 Å². The van der Waals surface area contributed by atoms with Gasteiger partial charge in [0, 0.05) is 11.6 Å².